The molecule has 0 saturated carbocycles. The summed E-state index contributed by atoms with van der Waals surface area (Å²) in [4.78, 5) is 19.0. The van der Waals surface area contributed by atoms with Gasteiger partial charge in [-0.05, 0) is 12.1 Å². The summed E-state index contributed by atoms with van der Waals surface area (Å²) in [5, 5.41) is 4.42. The summed E-state index contributed by atoms with van der Waals surface area (Å²) in [5.41, 5.74) is 1.47. The fourth-order valence-electron chi connectivity index (χ4n) is 3.17. The number of pyridine rings is 1. The molecule has 4 heterocycles. The van der Waals surface area contributed by atoms with Crippen molar-refractivity contribution in [2.24, 2.45) is 7.05 Å². The monoisotopic (exact) mass is 349 g/mol. The third-order valence-electron chi connectivity index (χ3n) is 4.53. The lowest BCUT2D eigenvalue weighted by molar-refractivity contribution is -0.136. The van der Waals surface area contributed by atoms with Crippen molar-refractivity contribution in [1.29, 1.82) is 0 Å². The van der Waals surface area contributed by atoms with Gasteiger partial charge < -0.3 is 9.88 Å². The maximum Gasteiger partial charge on any atom is 0.418 e. The number of nitrogens with zero attached hydrogens (tertiary/aromatic N) is 4. The van der Waals surface area contributed by atoms with Crippen molar-refractivity contribution in [1.82, 2.24) is 24.6 Å². The average Bonchev–Trinajstić information content (AvgIpc) is 3.09. The van der Waals surface area contributed by atoms with Crippen molar-refractivity contribution < 1.29 is 18.0 Å². The van der Waals surface area contributed by atoms with Crippen LogP contribution in [0.1, 0.15) is 17.2 Å². The van der Waals surface area contributed by atoms with Gasteiger partial charge in [0.2, 0.25) is 6.41 Å². The molecular formula is C16H14F3N5O. The van der Waals surface area contributed by atoms with Crippen LogP contribution in [0.2, 0.25) is 0 Å². The van der Waals surface area contributed by atoms with Crippen LogP contribution in [0.15, 0.2) is 24.5 Å². The normalized spacial score (nSPS) is 15.6. The van der Waals surface area contributed by atoms with Gasteiger partial charge in [-0.3, -0.25) is 9.48 Å². The molecule has 4 rings (SSSR count). The number of fused-ring (bicyclic) bond motifs is 1. The highest BCUT2D eigenvalue weighted by molar-refractivity contribution is 5.84. The minimum Gasteiger partial charge on any atom is -0.346 e. The Hall–Kier alpha value is -2.84. The van der Waals surface area contributed by atoms with Gasteiger partial charge in [-0.1, -0.05) is 0 Å². The number of hydrogen-bond donors (Lipinski definition) is 1. The van der Waals surface area contributed by atoms with E-state index in [9.17, 15) is 18.0 Å². The zero-order chi connectivity index (χ0) is 17.8. The molecule has 6 nitrogen and oxygen atoms in total. The number of carbonyl (C=O) groups is 1. The summed E-state index contributed by atoms with van der Waals surface area (Å²) in [6.45, 7) is 1.24. The van der Waals surface area contributed by atoms with E-state index >= 15 is 0 Å². The average molecular weight is 349 g/mol. The van der Waals surface area contributed by atoms with E-state index in [4.69, 9.17) is 0 Å². The molecular weight excluding hydrogens is 335 g/mol. The van der Waals surface area contributed by atoms with E-state index in [-0.39, 0.29) is 17.0 Å². The predicted molar refractivity (Wildman–Crippen MR) is 83.7 cm³/mol. The van der Waals surface area contributed by atoms with Crippen molar-refractivity contribution in [2.45, 2.75) is 12.1 Å². The number of carbonyl (C=O) groups excluding carboxylic acids is 1. The van der Waals surface area contributed by atoms with Gasteiger partial charge in [0, 0.05) is 55.1 Å². The number of aromatic amines is 1. The number of likely N-dealkylation sites (tertiary alicyclic amines) is 1. The number of halogens is 3. The van der Waals surface area contributed by atoms with E-state index in [0.29, 0.717) is 24.3 Å². The largest absolute Gasteiger partial charge is 0.418 e. The van der Waals surface area contributed by atoms with Gasteiger partial charge in [-0.25, -0.2) is 4.98 Å². The topological polar surface area (TPSA) is 66.8 Å². The minimum atomic E-state index is -4.45. The van der Waals surface area contributed by atoms with Crippen LogP contribution in [0, 0.1) is 0 Å². The van der Waals surface area contributed by atoms with Gasteiger partial charge in [0.05, 0.1) is 11.3 Å². The first kappa shape index (κ1) is 15.7. The van der Waals surface area contributed by atoms with E-state index in [2.05, 4.69) is 15.1 Å². The molecule has 25 heavy (non-hydrogen) atoms. The molecule has 0 spiro atoms. The summed E-state index contributed by atoms with van der Waals surface area (Å²) in [6.07, 6.45) is -1.22. The number of alkyl halides is 3. The highest BCUT2D eigenvalue weighted by atomic mass is 19.4. The Morgan fingerprint density at radius 1 is 1.32 bits per heavy atom. The molecule has 0 atom stereocenters. The lowest BCUT2D eigenvalue weighted by atomic mass is 9.96. The van der Waals surface area contributed by atoms with E-state index in [1.807, 2.05) is 6.07 Å². The van der Waals surface area contributed by atoms with Crippen molar-refractivity contribution >= 4 is 17.4 Å². The maximum atomic E-state index is 13.1. The van der Waals surface area contributed by atoms with Crippen LogP contribution < -0.4 is 0 Å². The highest BCUT2D eigenvalue weighted by Crippen LogP contribution is 2.36. The van der Waals surface area contributed by atoms with Crippen molar-refractivity contribution in [3.63, 3.8) is 0 Å². The Morgan fingerprint density at radius 3 is 2.76 bits per heavy atom. The number of amides is 1. The van der Waals surface area contributed by atoms with Crippen LogP contribution in [-0.2, 0) is 18.0 Å². The van der Waals surface area contributed by atoms with E-state index in [0.717, 1.165) is 18.3 Å². The summed E-state index contributed by atoms with van der Waals surface area (Å²) in [7, 11) is 1.78. The first-order valence-electron chi connectivity index (χ1n) is 7.65. The number of H-pyrrole nitrogens is 1. The molecule has 1 amide bonds. The molecule has 1 fully saturated rings. The summed E-state index contributed by atoms with van der Waals surface area (Å²) in [5.74, 6) is 0.186. The predicted octanol–water partition coefficient (Wildman–Crippen LogP) is 2.54. The van der Waals surface area contributed by atoms with Crippen LogP contribution >= 0.6 is 0 Å². The van der Waals surface area contributed by atoms with Crippen LogP contribution in [0.3, 0.4) is 0 Å². The molecule has 3 aromatic heterocycles. The zero-order valence-electron chi connectivity index (χ0n) is 13.2. The van der Waals surface area contributed by atoms with Gasteiger partial charge in [-0.2, -0.15) is 18.3 Å². The van der Waals surface area contributed by atoms with Crippen LogP contribution in [-0.4, -0.2) is 44.1 Å². The Labute approximate surface area is 140 Å². The van der Waals surface area contributed by atoms with Gasteiger partial charge in [0.15, 0.2) is 0 Å². The second kappa shape index (κ2) is 5.33. The van der Waals surface area contributed by atoms with Gasteiger partial charge in [-0.15, -0.1) is 0 Å². The first-order chi connectivity index (χ1) is 11.9. The van der Waals surface area contributed by atoms with Gasteiger partial charge in [0.25, 0.3) is 0 Å². The van der Waals surface area contributed by atoms with Crippen molar-refractivity contribution in [2.75, 3.05) is 13.1 Å². The Kier molecular flexibility index (Phi) is 3.34. The smallest absolute Gasteiger partial charge is 0.346 e. The van der Waals surface area contributed by atoms with Crippen LogP contribution in [0.5, 0.6) is 0 Å². The van der Waals surface area contributed by atoms with Crippen molar-refractivity contribution in [3.05, 3.63) is 35.8 Å². The molecule has 1 aliphatic rings. The Bertz CT molecular complexity index is 952. The number of aromatic nitrogens is 4. The van der Waals surface area contributed by atoms with Crippen LogP contribution in [0.25, 0.3) is 22.3 Å². The molecule has 1 aliphatic heterocycles. The molecule has 0 unspecified atom stereocenters. The molecule has 0 aromatic carbocycles. The first-order valence-corrected chi connectivity index (χ1v) is 7.65. The molecule has 0 bridgehead atoms. The molecule has 0 radical (unpaired) electrons. The van der Waals surface area contributed by atoms with E-state index in [1.54, 1.807) is 16.6 Å². The number of nitrogens with one attached hydrogen (secondary N) is 1. The number of aryl methyl sites for hydroxylation is 1. The molecule has 9 heteroatoms. The quantitative estimate of drug-likeness (QED) is 0.739. The molecule has 1 N–H and O–H groups in total. The number of hydrogen-bond acceptors (Lipinski definition) is 3. The second-order valence-electron chi connectivity index (χ2n) is 6.15. The third-order valence-corrected chi connectivity index (χ3v) is 4.53. The molecule has 130 valence electrons. The van der Waals surface area contributed by atoms with Crippen LogP contribution in [0.4, 0.5) is 13.2 Å². The Balaban J connectivity index is 1.71. The van der Waals surface area contributed by atoms with E-state index in [1.165, 1.54) is 12.3 Å². The Morgan fingerprint density at radius 2 is 2.08 bits per heavy atom. The number of rotatable bonds is 3. The fraction of sp³-hybridized carbons (Fsp3) is 0.312. The summed E-state index contributed by atoms with van der Waals surface area (Å²) in [6, 6.07) is 3.29. The highest BCUT2D eigenvalue weighted by Gasteiger charge is 2.34. The van der Waals surface area contributed by atoms with E-state index < -0.39 is 11.7 Å². The zero-order valence-corrected chi connectivity index (χ0v) is 13.2. The summed E-state index contributed by atoms with van der Waals surface area (Å²) < 4.78 is 40.9. The SMILES string of the molecule is Cn1nc(-c2cnc3[nH]cc(C(F)(F)F)c3c2)cc1C1CN(C=O)C1. The molecule has 1 saturated heterocycles. The van der Waals surface area contributed by atoms with Crippen molar-refractivity contribution in [3.8, 4) is 11.3 Å². The summed E-state index contributed by atoms with van der Waals surface area (Å²) >= 11 is 0. The minimum absolute atomic E-state index is 0.0213. The second-order valence-corrected chi connectivity index (χ2v) is 6.15. The lowest BCUT2D eigenvalue weighted by Gasteiger charge is -2.36. The van der Waals surface area contributed by atoms with Gasteiger partial charge >= 0.3 is 6.18 Å². The fourth-order valence-corrected chi connectivity index (χ4v) is 3.17. The van der Waals surface area contributed by atoms with Gasteiger partial charge in [0.1, 0.15) is 5.65 Å². The molecule has 3 aromatic rings. The molecule has 0 aliphatic carbocycles. The standard InChI is InChI=1S/C16H14F3N5O/c1-23-14(10-6-24(7-10)8-25)3-13(22-23)9-2-11-12(16(17,18)19)5-21-15(11)20-4-9/h2-5,8,10H,6-7H2,1H3,(H,20,21). The third kappa shape index (κ3) is 2.55. The lowest BCUT2D eigenvalue weighted by Crippen LogP contribution is -2.44. The maximum absolute atomic E-state index is 13.1.